The van der Waals surface area contributed by atoms with Gasteiger partial charge in [0.15, 0.2) is 11.6 Å². The van der Waals surface area contributed by atoms with Crippen molar-refractivity contribution in [3.8, 4) is 0 Å². The van der Waals surface area contributed by atoms with E-state index in [0.29, 0.717) is 49.6 Å². The molecule has 4 rings (SSSR count). The number of carbonyl (C=O) groups excluding carboxylic acids is 2. The third-order valence-electron chi connectivity index (χ3n) is 5.75. The number of benzene rings is 1. The van der Waals surface area contributed by atoms with E-state index in [4.69, 9.17) is 9.15 Å². The molecule has 3 heterocycles. The summed E-state index contributed by atoms with van der Waals surface area (Å²) in [6.07, 6.45) is 2.71. The Bertz CT molecular complexity index is 1240. The lowest BCUT2D eigenvalue weighted by Crippen LogP contribution is -2.43. The van der Waals surface area contributed by atoms with Crippen molar-refractivity contribution in [3.05, 3.63) is 53.8 Å². The number of nitrogens with zero attached hydrogens (tertiary/aromatic N) is 4. The summed E-state index contributed by atoms with van der Waals surface area (Å²) in [6, 6.07) is 3.92. The number of hydrogen-bond donors (Lipinski definition) is 2. The summed E-state index contributed by atoms with van der Waals surface area (Å²) >= 11 is 0. The van der Waals surface area contributed by atoms with Crippen molar-refractivity contribution in [2.45, 2.75) is 19.8 Å². The molecule has 1 fully saturated rings. The van der Waals surface area contributed by atoms with Gasteiger partial charge in [0.05, 0.1) is 30.1 Å². The second-order valence-corrected chi connectivity index (χ2v) is 8.18. The lowest BCUT2D eigenvalue weighted by molar-refractivity contribution is -0.152. The second-order valence-electron chi connectivity index (χ2n) is 8.18. The minimum Gasteiger partial charge on any atom is -0.469 e. The molecular weight excluding hydrogens is 469 g/mol. The van der Waals surface area contributed by atoms with E-state index in [9.17, 15) is 22.8 Å². The Labute approximate surface area is 197 Å². The van der Waals surface area contributed by atoms with Gasteiger partial charge in [-0.05, 0) is 31.9 Å². The molecule has 0 unspecified atom stereocenters. The molecule has 1 aliphatic rings. The maximum atomic E-state index is 13.8. The summed E-state index contributed by atoms with van der Waals surface area (Å²) in [5.41, 5.74) is -0.605. The molecule has 0 saturated carbocycles. The van der Waals surface area contributed by atoms with E-state index >= 15 is 0 Å². The van der Waals surface area contributed by atoms with Crippen LogP contribution in [0.15, 0.2) is 34.9 Å². The van der Waals surface area contributed by atoms with Crippen molar-refractivity contribution >= 4 is 35.1 Å². The zero-order valence-corrected chi connectivity index (χ0v) is 18.8. The van der Waals surface area contributed by atoms with Crippen LogP contribution in [0, 0.1) is 22.9 Å². The van der Waals surface area contributed by atoms with E-state index in [1.807, 2.05) is 11.8 Å². The first-order valence-corrected chi connectivity index (χ1v) is 10.5. The SMILES string of the molecule is COC(=O)C1(C)CCN(c2ccc(NC(=O)c3nnc(Nc4cc(F)c(F)cc4F)o3)cn2)CC1. The smallest absolute Gasteiger partial charge is 0.320 e. The average Bonchev–Trinajstić information content (AvgIpc) is 3.32. The summed E-state index contributed by atoms with van der Waals surface area (Å²) in [5.74, 6) is -4.44. The van der Waals surface area contributed by atoms with Gasteiger partial charge < -0.3 is 24.7 Å². The van der Waals surface area contributed by atoms with Gasteiger partial charge in [0.1, 0.15) is 11.6 Å². The van der Waals surface area contributed by atoms with Crippen LogP contribution >= 0.6 is 0 Å². The molecule has 1 aromatic carbocycles. The van der Waals surface area contributed by atoms with Crippen LogP contribution in [0.25, 0.3) is 0 Å². The Morgan fingerprint density at radius 2 is 1.80 bits per heavy atom. The van der Waals surface area contributed by atoms with Crippen LogP contribution in [0.5, 0.6) is 0 Å². The zero-order chi connectivity index (χ0) is 25.2. The topological polar surface area (TPSA) is 122 Å². The van der Waals surface area contributed by atoms with Crippen LogP contribution in [0.4, 0.5) is 36.4 Å². The summed E-state index contributed by atoms with van der Waals surface area (Å²) in [6.45, 7) is 3.14. The van der Waals surface area contributed by atoms with Crippen molar-refractivity contribution < 1.29 is 31.9 Å². The third kappa shape index (κ3) is 5.18. The summed E-state index contributed by atoms with van der Waals surface area (Å²) in [7, 11) is 1.38. The monoisotopic (exact) mass is 490 g/mol. The first-order valence-electron chi connectivity index (χ1n) is 10.5. The predicted molar refractivity (Wildman–Crippen MR) is 118 cm³/mol. The first-order chi connectivity index (χ1) is 16.7. The molecule has 2 aromatic heterocycles. The average molecular weight is 490 g/mol. The highest BCUT2D eigenvalue weighted by Gasteiger charge is 2.38. The van der Waals surface area contributed by atoms with Crippen molar-refractivity contribution in [2.75, 3.05) is 35.7 Å². The number of amides is 1. The highest BCUT2D eigenvalue weighted by atomic mass is 19.2. The molecule has 10 nitrogen and oxygen atoms in total. The van der Waals surface area contributed by atoms with Gasteiger partial charge in [-0.2, -0.15) is 0 Å². The summed E-state index contributed by atoms with van der Waals surface area (Å²) < 4.78 is 50.1. The molecule has 184 valence electrons. The van der Waals surface area contributed by atoms with Crippen LogP contribution in [0.2, 0.25) is 0 Å². The number of aromatic nitrogens is 3. The molecule has 1 aliphatic heterocycles. The lowest BCUT2D eigenvalue weighted by Gasteiger charge is -2.37. The van der Waals surface area contributed by atoms with Gasteiger partial charge in [-0.25, -0.2) is 18.2 Å². The van der Waals surface area contributed by atoms with E-state index in [1.54, 1.807) is 12.1 Å². The van der Waals surface area contributed by atoms with Gasteiger partial charge in [0.2, 0.25) is 0 Å². The molecule has 13 heteroatoms. The molecule has 0 bridgehead atoms. The van der Waals surface area contributed by atoms with Crippen LogP contribution in [-0.4, -0.2) is 47.3 Å². The molecular formula is C22H21F3N6O4. The Morgan fingerprint density at radius 1 is 1.09 bits per heavy atom. The number of carbonyl (C=O) groups is 2. The Kier molecular flexibility index (Phi) is 6.58. The second kappa shape index (κ2) is 9.60. The molecule has 0 spiro atoms. The minimum atomic E-state index is -1.35. The van der Waals surface area contributed by atoms with Crippen molar-refractivity contribution in [2.24, 2.45) is 5.41 Å². The highest BCUT2D eigenvalue weighted by molar-refractivity contribution is 6.00. The summed E-state index contributed by atoms with van der Waals surface area (Å²) in [5, 5.41) is 11.9. The van der Waals surface area contributed by atoms with E-state index in [-0.39, 0.29) is 5.97 Å². The Morgan fingerprint density at radius 3 is 2.46 bits per heavy atom. The number of piperidine rings is 1. The molecule has 3 aromatic rings. The lowest BCUT2D eigenvalue weighted by atomic mass is 9.80. The fraction of sp³-hybridized carbons (Fsp3) is 0.318. The Hall–Kier alpha value is -4.16. The third-order valence-corrected chi connectivity index (χ3v) is 5.75. The van der Waals surface area contributed by atoms with Crippen molar-refractivity contribution in [1.29, 1.82) is 0 Å². The van der Waals surface area contributed by atoms with Gasteiger partial charge in [-0.15, -0.1) is 5.10 Å². The molecule has 1 amide bonds. The molecule has 0 radical (unpaired) electrons. The zero-order valence-electron chi connectivity index (χ0n) is 18.8. The number of anilines is 4. The van der Waals surface area contributed by atoms with Crippen molar-refractivity contribution in [1.82, 2.24) is 15.2 Å². The normalized spacial score (nSPS) is 14.9. The standard InChI is InChI=1S/C22H21F3N6O4/c1-22(20(33)34-2)5-7-31(8-6-22)17-4-3-12(11-26-17)27-18(32)19-29-30-21(35-19)28-16-10-14(24)13(23)9-15(16)25/h3-4,9-11H,5-8H2,1-2H3,(H,27,32)(H,28,30). The van der Waals surface area contributed by atoms with Crippen molar-refractivity contribution in [3.63, 3.8) is 0 Å². The van der Waals surface area contributed by atoms with E-state index in [1.165, 1.54) is 13.3 Å². The van der Waals surface area contributed by atoms with Crippen LogP contribution in [0.3, 0.4) is 0 Å². The molecule has 35 heavy (non-hydrogen) atoms. The quantitative estimate of drug-likeness (QED) is 0.394. The van der Waals surface area contributed by atoms with Gasteiger partial charge in [0.25, 0.3) is 0 Å². The number of esters is 1. The largest absolute Gasteiger partial charge is 0.469 e. The number of rotatable bonds is 6. The maximum absolute atomic E-state index is 13.8. The molecule has 1 saturated heterocycles. The van der Waals surface area contributed by atoms with Gasteiger partial charge >= 0.3 is 23.8 Å². The summed E-state index contributed by atoms with van der Waals surface area (Å²) in [4.78, 5) is 30.7. The van der Waals surface area contributed by atoms with Crippen LogP contribution in [-0.2, 0) is 9.53 Å². The first kappa shape index (κ1) is 24.0. The van der Waals surface area contributed by atoms with Crippen LogP contribution < -0.4 is 15.5 Å². The van der Waals surface area contributed by atoms with E-state index < -0.39 is 46.4 Å². The van der Waals surface area contributed by atoms with Gasteiger partial charge in [0, 0.05) is 25.2 Å². The number of methoxy groups -OCH3 is 1. The van der Waals surface area contributed by atoms with Gasteiger partial charge in [-0.1, -0.05) is 5.10 Å². The van der Waals surface area contributed by atoms with Crippen LogP contribution in [0.1, 0.15) is 30.5 Å². The minimum absolute atomic E-state index is 0.225. The molecule has 2 N–H and O–H groups in total. The number of ether oxygens (including phenoxy) is 1. The van der Waals surface area contributed by atoms with Gasteiger partial charge in [-0.3, -0.25) is 9.59 Å². The number of halogens is 3. The number of pyridine rings is 1. The molecule has 0 atom stereocenters. The number of hydrogen-bond acceptors (Lipinski definition) is 9. The highest BCUT2D eigenvalue weighted by Crippen LogP contribution is 2.33. The Balaban J connectivity index is 1.35. The fourth-order valence-electron chi connectivity index (χ4n) is 3.61. The molecule has 0 aliphatic carbocycles. The number of nitrogens with one attached hydrogen (secondary N) is 2. The fourth-order valence-corrected chi connectivity index (χ4v) is 3.61. The maximum Gasteiger partial charge on any atom is 0.320 e. The van der Waals surface area contributed by atoms with E-state index in [0.717, 1.165) is 0 Å². The van der Waals surface area contributed by atoms with E-state index in [2.05, 4.69) is 25.8 Å². The predicted octanol–water partition coefficient (Wildman–Crippen LogP) is 3.66.